The largest absolute Gasteiger partial charge is 0.330 e. The van der Waals surface area contributed by atoms with Gasteiger partial charge in [0.25, 0.3) is 0 Å². The molecule has 0 aliphatic rings. The second-order valence-electron chi connectivity index (χ2n) is 4.18. The van der Waals surface area contributed by atoms with Crippen LogP contribution in [0.25, 0.3) is 0 Å². The van der Waals surface area contributed by atoms with Crippen LogP contribution < -0.4 is 5.73 Å². The second-order valence-corrected chi connectivity index (χ2v) is 4.96. The van der Waals surface area contributed by atoms with Crippen molar-refractivity contribution in [2.45, 2.75) is 19.3 Å². The minimum atomic E-state index is 0.440. The number of thiophene rings is 1. The Morgan fingerprint density at radius 3 is 2.50 bits per heavy atom. The van der Waals surface area contributed by atoms with Crippen LogP contribution in [0, 0.1) is 6.92 Å². The summed E-state index contributed by atoms with van der Waals surface area (Å²) in [6, 6.07) is 10.9. The Balaban J connectivity index is 2.13. The van der Waals surface area contributed by atoms with Crippen molar-refractivity contribution in [3.63, 3.8) is 0 Å². The highest BCUT2D eigenvalue weighted by Gasteiger charge is 2.10. The standard InChI is InChI=1S/C14H17NS/c1-11-2-4-13(5-3-11)14(9-15)8-12-6-7-16-10-12/h2-7,10,14H,8-9,15H2,1H3. The van der Waals surface area contributed by atoms with E-state index >= 15 is 0 Å². The number of nitrogens with two attached hydrogens (primary N) is 1. The molecule has 0 bridgehead atoms. The lowest BCUT2D eigenvalue weighted by atomic mass is 9.93. The molecular formula is C14H17NS. The smallest absolute Gasteiger partial charge is 0.000187 e. The molecular weight excluding hydrogens is 214 g/mol. The molecule has 0 saturated heterocycles. The molecule has 0 spiro atoms. The number of rotatable bonds is 4. The SMILES string of the molecule is Cc1ccc(C(CN)Cc2ccsc2)cc1. The van der Waals surface area contributed by atoms with Crippen molar-refractivity contribution in [3.05, 3.63) is 57.8 Å². The summed E-state index contributed by atoms with van der Waals surface area (Å²) < 4.78 is 0. The Labute approximate surface area is 101 Å². The summed E-state index contributed by atoms with van der Waals surface area (Å²) in [4.78, 5) is 0. The van der Waals surface area contributed by atoms with Gasteiger partial charge >= 0.3 is 0 Å². The maximum Gasteiger partial charge on any atom is 0.000187 e. The molecule has 1 aromatic heterocycles. The van der Waals surface area contributed by atoms with Gasteiger partial charge in [-0.1, -0.05) is 29.8 Å². The summed E-state index contributed by atoms with van der Waals surface area (Å²) in [7, 11) is 0. The summed E-state index contributed by atoms with van der Waals surface area (Å²) in [5.74, 6) is 0.440. The van der Waals surface area contributed by atoms with Crippen molar-refractivity contribution in [2.75, 3.05) is 6.54 Å². The second kappa shape index (κ2) is 5.28. The lowest BCUT2D eigenvalue weighted by Crippen LogP contribution is -2.14. The van der Waals surface area contributed by atoms with E-state index in [2.05, 4.69) is 48.0 Å². The molecule has 0 aliphatic carbocycles. The summed E-state index contributed by atoms with van der Waals surface area (Å²) in [5.41, 5.74) is 9.90. The van der Waals surface area contributed by atoms with E-state index in [0.29, 0.717) is 12.5 Å². The van der Waals surface area contributed by atoms with Crippen LogP contribution in [-0.4, -0.2) is 6.54 Å². The maximum atomic E-state index is 5.86. The van der Waals surface area contributed by atoms with Crippen molar-refractivity contribution in [3.8, 4) is 0 Å². The Morgan fingerprint density at radius 2 is 1.94 bits per heavy atom. The van der Waals surface area contributed by atoms with Crippen LogP contribution in [0.3, 0.4) is 0 Å². The first-order valence-electron chi connectivity index (χ1n) is 5.57. The van der Waals surface area contributed by atoms with Gasteiger partial charge in [-0.25, -0.2) is 0 Å². The Kier molecular flexibility index (Phi) is 3.75. The van der Waals surface area contributed by atoms with Crippen molar-refractivity contribution in [1.29, 1.82) is 0 Å². The van der Waals surface area contributed by atoms with Crippen LogP contribution in [0.15, 0.2) is 41.1 Å². The summed E-state index contributed by atoms with van der Waals surface area (Å²) in [6.45, 7) is 2.82. The van der Waals surface area contributed by atoms with Crippen molar-refractivity contribution >= 4 is 11.3 Å². The molecule has 2 heteroatoms. The first-order valence-corrected chi connectivity index (χ1v) is 6.51. The third-order valence-corrected chi connectivity index (χ3v) is 3.63. The fourth-order valence-electron chi connectivity index (χ4n) is 1.87. The molecule has 1 nitrogen and oxygen atoms in total. The number of hydrogen-bond donors (Lipinski definition) is 1. The molecule has 0 fully saturated rings. The van der Waals surface area contributed by atoms with E-state index in [1.807, 2.05) is 0 Å². The summed E-state index contributed by atoms with van der Waals surface area (Å²) >= 11 is 1.75. The summed E-state index contributed by atoms with van der Waals surface area (Å²) in [5, 5.41) is 4.33. The average Bonchev–Trinajstić information content (AvgIpc) is 2.80. The molecule has 2 N–H and O–H groups in total. The number of benzene rings is 1. The van der Waals surface area contributed by atoms with Crippen molar-refractivity contribution < 1.29 is 0 Å². The molecule has 0 aliphatic heterocycles. The highest BCUT2D eigenvalue weighted by molar-refractivity contribution is 7.07. The van der Waals surface area contributed by atoms with Crippen LogP contribution in [0.5, 0.6) is 0 Å². The van der Waals surface area contributed by atoms with Gasteiger partial charge in [0.05, 0.1) is 0 Å². The topological polar surface area (TPSA) is 26.0 Å². The van der Waals surface area contributed by atoms with Crippen LogP contribution in [-0.2, 0) is 6.42 Å². The zero-order chi connectivity index (χ0) is 11.4. The zero-order valence-electron chi connectivity index (χ0n) is 9.52. The van der Waals surface area contributed by atoms with Crippen molar-refractivity contribution in [1.82, 2.24) is 0 Å². The third-order valence-electron chi connectivity index (χ3n) is 2.90. The zero-order valence-corrected chi connectivity index (χ0v) is 10.3. The lowest BCUT2D eigenvalue weighted by molar-refractivity contribution is 0.695. The van der Waals surface area contributed by atoms with E-state index < -0.39 is 0 Å². The Hall–Kier alpha value is -1.12. The predicted molar refractivity (Wildman–Crippen MR) is 71.0 cm³/mol. The minimum Gasteiger partial charge on any atom is -0.330 e. The van der Waals surface area contributed by atoms with Crippen molar-refractivity contribution in [2.24, 2.45) is 5.73 Å². The van der Waals surface area contributed by atoms with Gasteiger partial charge in [-0.15, -0.1) is 0 Å². The molecule has 1 atom stereocenters. The molecule has 1 unspecified atom stereocenters. The Morgan fingerprint density at radius 1 is 1.19 bits per heavy atom. The average molecular weight is 231 g/mol. The van der Waals surface area contributed by atoms with E-state index in [9.17, 15) is 0 Å². The summed E-state index contributed by atoms with van der Waals surface area (Å²) in [6.07, 6.45) is 1.04. The number of hydrogen-bond acceptors (Lipinski definition) is 2. The van der Waals surface area contributed by atoms with Gasteiger partial charge < -0.3 is 5.73 Å². The molecule has 2 rings (SSSR count). The highest BCUT2D eigenvalue weighted by atomic mass is 32.1. The van der Waals surface area contributed by atoms with Gasteiger partial charge in [-0.05, 0) is 47.8 Å². The normalized spacial score (nSPS) is 12.6. The van der Waals surface area contributed by atoms with Gasteiger partial charge in [-0.3, -0.25) is 0 Å². The first-order chi connectivity index (χ1) is 7.79. The number of aryl methyl sites for hydroxylation is 1. The molecule has 0 radical (unpaired) electrons. The minimum absolute atomic E-state index is 0.440. The quantitative estimate of drug-likeness (QED) is 0.858. The van der Waals surface area contributed by atoms with Crippen LogP contribution in [0.1, 0.15) is 22.6 Å². The van der Waals surface area contributed by atoms with Crippen LogP contribution >= 0.6 is 11.3 Å². The molecule has 0 saturated carbocycles. The van der Waals surface area contributed by atoms with E-state index in [1.165, 1.54) is 16.7 Å². The molecule has 1 heterocycles. The van der Waals surface area contributed by atoms with Crippen LogP contribution in [0.4, 0.5) is 0 Å². The van der Waals surface area contributed by atoms with Gasteiger partial charge in [0.1, 0.15) is 0 Å². The van der Waals surface area contributed by atoms with Gasteiger partial charge in [0.15, 0.2) is 0 Å². The lowest BCUT2D eigenvalue weighted by Gasteiger charge is -2.14. The molecule has 1 aromatic carbocycles. The van der Waals surface area contributed by atoms with Gasteiger partial charge in [0, 0.05) is 5.92 Å². The maximum absolute atomic E-state index is 5.86. The molecule has 2 aromatic rings. The highest BCUT2D eigenvalue weighted by Crippen LogP contribution is 2.21. The van der Waals surface area contributed by atoms with E-state index in [1.54, 1.807) is 11.3 Å². The fraction of sp³-hybridized carbons (Fsp3) is 0.286. The van der Waals surface area contributed by atoms with E-state index in [-0.39, 0.29) is 0 Å². The molecule has 0 amide bonds. The fourth-order valence-corrected chi connectivity index (χ4v) is 2.55. The van der Waals surface area contributed by atoms with E-state index in [4.69, 9.17) is 5.73 Å². The molecule has 16 heavy (non-hydrogen) atoms. The van der Waals surface area contributed by atoms with Gasteiger partial charge in [0.2, 0.25) is 0 Å². The van der Waals surface area contributed by atoms with Gasteiger partial charge in [-0.2, -0.15) is 11.3 Å². The predicted octanol–water partition coefficient (Wildman–Crippen LogP) is 3.34. The monoisotopic (exact) mass is 231 g/mol. The van der Waals surface area contributed by atoms with E-state index in [0.717, 1.165) is 6.42 Å². The molecule has 84 valence electrons. The Bertz CT molecular complexity index is 417. The van der Waals surface area contributed by atoms with Crippen LogP contribution in [0.2, 0.25) is 0 Å². The third kappa shape index (κ3) is 2.71. The first kappa shape index (κ1) is 11.4.